The molecule has 0 amide bonds. The minimum atomic E-state index is -0.981. The maximum Gasteiger partial charge on any atom is 0.293 e. The Morgan fingerprint density at radius 2 is 1.92 bits per heavy atom. The predicted molar refractivity (Wildman–Crippen MR) is 95.5 cm³/mol. The number of aliphatic carboxylic acids is 1. The highest BCUT2D eigenvalue weighted by atomic mass is 16.5. The summed E-state index contributed by atoms with van der Waals surface area (Å²) in [6.07, 6.45) is 7.46. The zero-order valence-electron chi connectivity index (χ0n) is 16.6. The summed E-state index contributed by atoms with van der Waals surface area (Å²) >= 11 is 0. The molecule has 2 aliphatic rings. The average Bonchev–Trinajstić information content (AvgIpc) is 2.44. The lowest BCUT2D eigenvalue weighted by atomic mass is 9.45. The van der Waals surface area contributed by atoms with E-state index in [-0.39, 0.29) is 23.7 Å². The molecule has 0 saturated heterocycles. The highest BCUT2D eigenvalue weighted by Gasteiger charge is 2.58. The smallest absolute Gasteiger partial charge is 0.293 e. The van der Waals surface area contributed by atoms with E-state index in [9.17, 15) is 14.7 Å². The summed E-state index contributed by atoms with van der Waals surface area (Å²) in [7, 11) is 0. The number of rotatable bonds is 7. The van der Waals surface area contributed by atoms with Crippen molar-refractivity contribution in [2.75, 3.05) is 0 Å². The van der Waals surface area contributed by atoms with Crippen LogP contribution in [0, 0.1) is 28.6 Å². The van der Waals surface area contributed by atoms with Gasteiger partial charge in [-0.2, -0.15) is 0 Å². The van der Waals surface area contributed by atoms with E-state index in [2.05, 4.69) is 27.7 Å². The molecule has 2 saturated carbocycles. The van der Waals surface area contributed by atoms with E-state index in [1.165, 1.54) is 19.3 Å². The van der Waals surface area contributed by atoms with E-state index in [1.54, 1.807) is 0 Å². The van der Waals surface area contributed by atoms with Gasteiger partial charge in [0.1, 0.15) is 5.60 Å². The average molecular weight is 352 g/mol. The van der Waals surface area contributed by atoms with Crippen LogP contribution in [0.5, 0.6) is 0 Å². The van der Waals surface area contributed by atoms with E-state index in [1.807, 2.05) is 6.92 Å². The van der Waals surface area contributed by atoms with Crippen molar-refractivity contribution in [1.29, 1.82) is 0 Å². The van der Waals surface area contributed by atoms with Crippen molar-refractivity contribution in [3.8, 4) is 0 Å². The molecule has 0 aromatic carbocycles. The number of fused-ring (bicyclic) bond motifs is 1. The van der Waals surface area contributed by atoms with Crippen LogP contribution in [0.4, 0.5) is 0 Å². The Balaban J connectivity index is 2.26. The van der Waals surface area contributed by atoms with Gasteiger partial charge in [0.2, 0.25) is 0 Å². The van der Waals surface area contributed by atoms with E-state index in [0.717, 1.165) is 25.7 Å². The van der Waals surface area contributed by atoms with Crippen LogP contribution in [0.2, 0.25) is 0 Å². The zero-order valence-corrected chi connectivity index (χ0v) is 16.6. The maximum absolute atomic E-state index is 11.2. The van der Waals surface area contributed by atoms with Gasteiger partial charge in [-0.1, -0.05) is 34.1 Å². The molecule has 0 bridgehead atoms. The van der Waals surface area contributed by atoms with Crippen LogP contribution in [0.3, 0.4) is 0 Å². The van der Waals surface area contributed by atoms with Crippen molar-refractivity contribution in [2.24, 2.45) is 28.6 Å². The summed E-state index contributed by atoms with van der Waals surface area (Å²) in [5.41, 5.74) is 0.00489. The van der Waals surface area contributed by atoms with E-state index < -0.39 is 11.6 Å². The first-order chi connectivity index (χ1) is 11.5. The van der Waals surface area contributed by atoms with Crippen LogP contribution >= 0.6 is 0 Å². The summed E-state index contributed by atoms with van der Waals surface area (Å²) in [6.45, 7) is 11.8. The van der Waals surface area contributed by atoms with Crippen LogP contribution in [0.25, 0.3) is 0 Å². The Kier molecular flexibility index (Phi) is 5.90. The minimum Gasteiger partial charge on any atom is -0.550 e. The molecule has 2 aliphatic carbocycles. The molecule has 2 rings (SSSR count). The van der Waals surface area contributed by atoms with Gasteiger partial charge in [0.05, 0.1) is 0 Å². The molecule has 0 aromatic rings. The Bertz CT molecular complexity index is 500. The minimum absolute atomic E-state index is 0.0889. The molecule has 4 heteroatoms. The lowest BCUT2D eigenvalue weighted by Gasteiger charge is -2.61. The van der Waals surface area contributed by atoms with Crippen molar-refractivity contribution in [3.63, 3.8) is 0 Å². The number of carboxylic acid groups (broad SMARTS) is 1. The third-order valence-corrected chi connectivity index (χ3v) is 7.52. The fraction of sp³-hybridized carbons (Fsp3) is 0.905. The quantitative estimate of drug-likeness (QED) is 0.656. The summed E-state index contributed by atoms with van der Waals surface area (Å²) in [4.78, 5) is 22.1. The zero-order chi connectivity index (χ0) is 18.9. The number of carbonyl (C=O) groups excluding carboxylic acids is 2. The molecule has 0 aliphatic heterocycles. The molecule has 25 heavy (non-hydrogen) atoms. The third-order valence-electron chi connectivity index (χ3n) is 7.52. The second kappa shape index (κ2) is 7.28. The van der Waals surface area contributed by atoms with Crippen molar-refractivity contribution in [3.05, 3.63) is 0 Å². The van der Waals surface area contributed by atoms with Gasteiger partial charge in [0, 0.05) is 11.9 Å². The van der Waals surface area contributed by atoms with Gasteiger partial charge in [-0.05, 0) is 74.5 Å². The Labute approximate surface area is 152 Å². The first-order valence-electron chi connectivity index (χ1n) is 9.86. The Hall–Kier alpha value is -1.06. The van der Waals surface area contributed by atoms with Gasteiger partial charge >= 0.3 is 0 Å². The molecule has 0 unspecified atom stereocenters. The van der Waals surface area contributed by atoms with Gasteiger partial charge in [-0.15, -0.1) is 0 Å². The second-order valence-electron chi connectivity index (χ2n) is 9.78. The summed E-state index contributed by atoms with van der Waals surface area (Å²) in [6, 6.07) is 0. The first-order valence-corrected chi connectivity index (χ1v) is 9.86. The molecule has 0 spiro atoms. The molecule has 5 atom stereocenters. The molecule has 0 heterocycles. The predicted octanol–water partition coefficient (Wildman–Crippen LogP) is 3.72. The van der Waals surface area contributed by atoms with Crippen molar-refractivity contribution < 1.29 is 19.4 Å². The normalized spacial score (nSPS) is 38.4. The van der Waals surface area contributed by atoms with Gasteiger partial charge in [-0.25, -0.2) is 0 Å². The summed E-state index contributed by atoms with van der Waals surface area (Å²) in [5.74, 6) is 0.00301. The molecule has 4 nitrogen and oxygen atoms in total. The monoisotopic (exact) mass is 351 g/mol. The summed E-state index contributed by atoms with van der Waals surface area (Å²) in [5, 5.41) is 10.9. The summed E-state index contributed by atoms with van der Waals surface area (Å²) < 4.78 is 5.67. The fourth-order valence-corrected chi connectivity index (χ4v) is 6.33. The van der Waals surface area contributed by atoms with Crippen molar-refractivity contribution in [1.82, 2.24) is 0 Å². The topological polar surface area (TPSA) is 66.4 Å². The highest BCUT2D eigenvalue weighted by Crippen LogP contribution is 2.63. The molecule has 0 aromatic heterocycles. The maximum atomic E-state index is 11.2. The molecule has 2 fully saturated rings. The first kappa shape index (κ1) is 20.3. The number of carboxylic acids is 1. The Morgan fingerprint density at radius 3 is 2.52 bits per heavy atom. The molecule has 0 N–H and O–H groups in total. The lowest BCUT2D eigenvalue weighted by molar-refractivity contribution is -0.306. The number of hydrogen-bond acceptors (Lipinski definition) is 4. The van der Waals surface area contributed by atoms with Crippen LogP contribution in [0.1, 0.15) is 86.0 Å². The third kappa shape index (κ3) is 4.03. The number of ether oxygens (including phenoxy) is 1. The van der Waals surface area contributed by atoms with E-state index in [0.29, 0.717) is 17.8 Å². The van der Waals surface area contributed by atoms with Crippen LogP contribution in [-0.4, -0.2) is 18.0 Å². The molecular weight excluding hydrogens is 316 g/mol. The highest BCUT2D eigenvalue weighted by molar-refractivity contribution is 5.64. The lowest BCUT2D eigenvalue weighted by Crippen LogP contribution is -2.58. The van der Waals surface area contributed by atoms with Crippen molar-refractivity contribution in [2.45, 2.75) is 91.6 Å². The standard InChI is InChI=1S/C21H36O4/c1-15(13-18(23)24)7-8-17-20(4)11-6-10-19(2,3)16(20)9-12-21(17,5)25-14-22/h14-17H,6-13H2,1-5H3,(H,23,24)/p-1/t15-,16+,17+,20-,21+/m0/s1. The van der Waals surface area contributed by atoms with Gasteiger partial charge < -0.3 is 14.6 Å². The largest absolute Gasteiger partial charge is 0.550 e. The molecule has 144 valence electrons. The second-order valence-corrected chi connectivity index (χ2v) is 9.78. The molecular formula is C21H35O4-. The van der Waals surface area contributed by atoms with Gasteiger partial charge in [0.15, 0.2) is 0 Å². The van der Waals surface area contributed by atoms with Crippen molar-refractivity contribution >= 4 is 12.4 Å². The Morgan fingerprint density at radius 1 is 1.24 bits per heavy atom. The number of carbonyl (C=O) groups is 2. The van der Waals surface area contributed by atoms with Crippen LogP contribution < -0.4 is 5.11 Å². The van der Waals surface area contributed by atoms with Gasteiger partial charge in [-0.3, -0.25) is 4.79 Å². The SMILES string of the molecule is C[C@@H](CC[C@@H]1[C@@]2(C)CCCC(C)(C)[C@H]2CC[C@@]1(C)OC=O)CC(=O)[O-]. The van der Waals surface area contributed by atoms with E-state index >= 15 is 0 Å². The fourth-order valence-electron chi connectivity index (χ4n) is 6.33. The van der Waals surface area contributed by atoms with Crippen LogP contribution in [-0.2, 0) is 14.3 Å². The van der Waals surface area contributed by atoms with Crippen LogP contribution in [0.15, 0.2) is 0 Å². The number of hydrogen-bond donors (Lipinski definition) is 0. The van der Waals surface area contributed by atoms with E-state index in [4.69, 9.17) is 4.74 Å². The molecule has 0 radical (unpaired) electrons. The van der Waals surface area contributed by atoms with Gasteiger partial charge in [0.25, 0.3) is 6.47 Å².